The van der Waals surface area contributed by atoms with E-state index in [1.807, 2.05) is 13.8 Å². The summed E-state index contributed by atoms with van der Waals surface area (Å²) in [6.45, 7) is 5.16. The molecule has 1 aromatic rings. The van der Waals surface area contributed by atoms with Crippen LogP contribution >= 0.6 is 0 Å². The molecule has 0 heterocycles. The molecule has 1 aromatic carbocycles. The molecular weight excluding hydrogens is 220 g/mol. The predicted octanol–water partition coefficient (Wildman–Crippen LogP) is 3.11. The standard InChI is InChI=1S/C12H17N2O3/c1-4-16-10-6-9(8-15-3)7-11(17-5-2)12(10)14-13/h6-7H,4-5,8H2,1-3H3/q+1. The van der Waals surface area contributed by atoms with Crippen molar-refractivity contribution in [1.82, 2.24) is 0 Å². The van der Waals surface area contributed by atoms with Crippen LogP contribution in [0.2, 0.25) is 0 Å². The summed E-state index contributed by atoms with van der Waals surface area (Å²) in [5, 5.41) is 9.01. The number of rotatable bonds is 6. The van der Waals surface area contributed by atoms with E-state index in [0.717, 1.165) is 5.56 Å². The van der Waals surface area contributed by atoms with Gasteiger partial charge >= 0.3 is 5.69 Å². The van der Waals surface area contributed by atoms with Gasteiger partial charge in [0.05, 0.1) is 19.8 Å². The molecule has 0 fully saturated rings. The van der Waals surface area contributed by atoms with Crippen molar-refractivity contribution in [2.75, 3.05) is 20.3 Å². The molecule has 0 saturated carbocycles. The highest BCUT2D eigenvalue weighted by Crippen LogP contribution is 2.39. The summed E-state index contributed by atoms with van der Waals surface area (Å²) in [5.41, 5.74) is 1.22. The first kappa shape index (κ1) is 13.3. The van der Waals surface area contributed by atoms with Crippen LogP contribution in [-0.2, 0) is 11.3 Å². The number of hydrogen-bond acceptors (Lipinski definition) is 4. The maximum absolute atomic E-state index is 9.01. The number of methoxy groups -OCH3 is 1. The van der Waals surface area contributed by atoms with Gasteiger partial charge in [0.2, 0.25) is 16.9 Å². The zero-order chi connectivity index (χ0) is 12.7. The normalized spacial score (nSPS) is 9.76. The van der Waals surface area contributed by atoms with Crippen LogP contribution < -0.4 is 9.47 Å². The van der Waals surface area contributed by atoms with Crippen molar-refractivity contribution in [2.45, 2.75) is 20.5 Å². The molecule has 17 heavy (non-hydrogen) atoms. The van der Waals surface area contributed by atoms with Crippen molar-refractivity contribution < 1.29 is 14.2 Å². The first-order valence-electron chi connectivity index (χ1n) is 5.53. The molecule has 92 valence electrons. The summed E-state index contributed by atoms with van der Waals surface area (Å²) in [7, 11) is 1.62. The van der Waals surface area contributed by atoms with Crippen molar-refractivity contribution >= 4 is 5.69 Å². The highest BCUT2D eigenvalue weighted by Gasteiger charge is 2.24. The van der Waals surface area contributed by atoms with Crippen LogP contribution in [-0.4, -0.2) is 20.3 Å². The Hall–Kier alpha value is -1.80. The van der Waals surface area contributed by atoms with Crippen LogP contribution in [0.3, 0.4) is 0 Å². The van der Waals surface area contributed by atoms with E-state index < -0.39 is 0 Å². The average molecular weight is 237 g/mol. The van der Waals surface area contributed by atoms with Gasteiger partial charge in [0.15, 0.2) is 4.98 Å². The summed E-state index contributed by atoms with van der Waals surface area (Å²) in [4.78, 5) is 3.22. The summed E-state index contributed by atoms with van der Waals surface area (Å²) in [5.74, 6) is 0.987. The smallest absolute Gasteiger partial charge is 0.467 e. The van der Waals surface area contributed by atoms with Crippen LogP contribution in [0.25, 0.3) is 4.98 Å². The number of diazo groups is 1. The molecule has 0 aliphatic rings. The summed E-state index contributed by atoms with van der Waals surface area (Å²) >= 11 is 0. The van der Waals surface area contributed by atoms with E-state index in [1.165, 1.54) is 0 Å². The second-order valence-corrected chi connectivity index (χ2v) is 3.34. The van der Waals surface area contributed by atoms with Gasteiger partial charge in [0.25, 0.3) is 0 Å². The lowest BCUT2D eigenvalue weighted by atomic mass is 10.2. The third-order valence-electron chi connectivity index (χ3n) is 2.11. The molecule has 0 radical (unpaired) electrons. The Kier molecular flexibility index (Phi) is 5.24. The van der Waals surface area contributed by atoms with Gasteiger partial charge in [0.1, 0.15) is 0 Å². The van der Waals surface area contributed by atoms with Crippen LogP contribution in [0, 0.1) is 5.39 Å². The zero-order valence-corrected chi connectivity index (χ0v) is 10.4. The Balaban J connectivity index is 3.20. The maximum Gasteiger partial charge on any atom is 0.467 e. The van der Waals surface area contributed by atoms with Crippen LogP contribution in [0.1, 0.15) is 19.4 Å². The van der Waals surface area contributed by atoms with Crippen molar-refractivity contribution in [1.29, 1.82) is 5.39 Å². The molecule has 0 bridgehead atoms. The van der Waals surface area contributed by atoms with Crippen molar-refractivity contribution in [3.8, 4) is 11.5 Å². The number of hydrogen-bond donors (Lipinski definition) is 0. The van der Waals surface area contributed by atoms with Crippen molar-refractivity contribution in [2.24, 2.45) is 0 Å². The molecule has 1 rings (SSSR count). The molecule has 0 aliphatic carbocycles. The van der Waals surface area contributed by atoms with Gasteiger partial charge in [0, 0.05) is 7.11 Å². The summed E-state index contributed by atoms with van der Waals surface area (Å²) in [6, 6.07) is 3.56. The van der Waals surface area contributed by atoms with Gasteiger partial charge in [-0.1, -0.05) is 0 Å². The lowest BCUT2D eigenvalue weighted by Crippen LogP contribution is -1.98. The van der Waals surface area contributed by atoms with Crippen LogP contribution in [0.5, 0.6) is 11.5 Å². The first-order chi connectivity index (χ1) is 8.26. The quantitative estimate of drug-likeness (QED) is 0.713. The highest BCUT2D eigenvalue weighted by atomic mass is 16.5. The third kappa shape index (κ3) is 3.33. The summed E-state index contributed by atoms with van der Waals surface area (Å²) < 4.78 is 15.9. The highest BCUT2D eigenvalue weighted by molar-refractivity contribution is 5.68. The van der Waals surface area contributed by atoms with E-state index in [1.54, 1.807) is 19.2 Å². The zero-order valence-electron chi connectivity index (χ0n) is 10.4. The van der Waals surface area contributed by atoms with E-state index in [4.69, 9.17) is 19.6 Å². The minimum Gasteiger partial charge on any atom is -0.486 e. The molecule has 0 saturated heterocycles. The lowest BCUT2D eigenvalue weighted by molar-refractivity contribution is 0.184. The maximum atomic E-state index is 9.01. The van der Waals surface area contributed by atoms with Gasteiger partial charge in [-0.2, -0.15) is 0 Å². The second-order valence-electron chi connectivity index (χ2n) is 3.34. The van der Waals surface area contributed by atoms with E-state index in [0.29, 0.717) is 37.0 Å². The first-order valence-corrected chi connectivity index (χ1v) is 5.53. The van der Waals surface area contributed by atoms with Crippen LogP contribution in [0.4, 0.5) is 5.69 Å². The molecule has 0 aliphatic heterocycles. The predicted molar refractivity (Wildman–Crippen MR) is 64.2 cm³/mol. The van der Waals surface area contributed by atoms with Crippen molar-refractivity contribution in [3.63, 3.8) is 0 Å². The van der Waals surface area contributed by atoms with Gasteiger partial charge in [-0.3, -0.25) is 0 Å². The van der Waals surface area contributed by atoms with E-state index in [2.05, 4.69) is 4.98 Å². The Labute approximate surface area is 101 Å². The minimum absolute atomic E-state index is 0.313. The molecular formula is C12H17N2O3+. The van der Waals surface area contributed by atoms with Gasteiger partial charge < -0.3 is 14.2 Å². The largest absolute Gasteiger partial charge is 0.486 e. The molecule has 0 amide bonds. The fraction of sp³-hybridized carbons (Fsp3) is 0.500. The molecule has 0 spiro atoms. The Bertz CT molecular complexity index is 386. The number of benzene rings is 1. The topological polar surface area (TPSA) is 55.8 Å². The van der Waals surface area contributed by atoms with Crippen molar-refractivity contribution in [3.05, 3.63) is 22.7 Å². The molecule has 0 atom stereocenters. The summed E-state index contributed by atoms with van der Waals surface area (Å²) in [6.07, 6.45) is 0. The second kappa shape index (κ2) is 6.71. The SMILES string of the molecule is CCOc1cc(COC)cc(OCC)c1[N+]#N. The Morgan fingerprint density at radius 2 is 1.65 bits per heavy atom. The van der Waals surface area contributed by atoms with Crippen LogP contribution in [0.15, 0.2) is 12.1 Å². The van der Waals surface area contributed by atoms with Gasteiger partial charge in [-0.15, -0.1) is 0 Å². The molecule has 0 N–H and O–H groups in total. The number of nitrogens with zero attached hydrogens (tertiary/aromatic N) is 2. The minimum atomic E-state index is 0.313. The Morgan fingerprint density at radius 3 is 2.00 bits per heavy atom. The molecule has 0 aromatic heterocycles. The third-order valence-corrected chi connectivity index (χ3v) is 2.11. The number of ether oxygens (including phenoxy) is 3. The molecule has 0 unspecified atom stereocenters. The average Bonchev–Trinajstić information content (AvgIpc) is 2.30. The monoisotopic (exact) mass is 237 g/mol. The lowest BCUT2D eigenvalue weighted by Gasteiger charge is -2.07. The van der Waals surface area contributed by atoms with Gasteiger partial charge in [-0.05, 0) is 31.5 Å². The Morgan fingerprint density at radius 1 is 1.12 bits per heavy atom. The molecule has 5 nitrogen and oxygen atoms in total. The van der Waals surface area contributed by atoms with E-state index in [9.17, 15) is 0 Å². The van der Waals surface area contributed by atoms with Gasteiger partial charge in [-0.25, -0.2) is 0 Å². The fourth-order valence-electron chi connectivity index (χ4n) is 1.52. The molecule has 5 heteroatoms. The van der Waals surface area contributed by atoms with E-state index in [-0.39, 0.29) is 0 Å². The fourth-order valence-corrected chi connectivity index (χ4v) is 1.52. The van der Waals surface area contributed by atoms with E-state index >= 15 is 0 Å².